The summed E-state index contributed by atoms with van der Waals surface area (Å²) in [6, 6.07) is 4.58. The van der Waals surface area contributed by atoms with Gasteiger partial charge in [0, 0.05) is 0 Å². The minimum Gasteiger partial charge on any atom is -0.478 e. The molecule has 5 heteroatoms. The third-order valence-corrected chi connectivity index (χ3v) is 3.06. The van der Waals surface area contributed by atoms with Crippen LogP contribution in [0.2, 0.25) is 0 Å². The van der Waals surface area contributed by atoms with Crippen LogP contribution >= 0.6 is 0 Å². The Morgan fingerprint density at radius 2 is 2.33 bits per heavy atom. The van der Waals surface area contributed by atoms with Crippen molar-refractivity contribution in [2.75, 3.05) is 6.61 Å². The second-order valence-corrected chi connectivity index (χ2v) is 4.55. The summed E-state index contributed by atoms with van der Waals surface area (Å²) in [5, 5.41) is 8.87. The van der Waals surface area contributed by atoms with E-state index in [4.69, 9.17) is 14.3 Å². The molecular formula is C13H13NO4. The number of carboxylic acids is 1. The zero-order valence-corrected chi connectivity index (χ0v) is 9.76. The van der Waals surface area contributed by atoms with Crippen molar-refractivity contribution < 1.29 is 19.1 Å². The predicted molar refractivity (Wildman–Crippen MR) is 63.8 cm³/mol. The van der Waals surface area contributed by atoms with Crippen LogP contribution in [0.3, 0.4) is 0 Å². The molecule has 0 spiro atoms. The third kappa shape index (κ3) is 2.30. The van der Waals surface area contributed by atoms with Gasteiger partial charge in [0.25, 0.3) is 0 Å². The Hall–Kier alpha value is -2.04. The molecule has 0 amide bonds. The smallest absolute Gasteiger partial charge is 0.394 e. The first-order valence-corrected chi connectivity index (χ1v) is 5.99. The van der Waals surface area contributed by atoms with Crippen LogP contribution in [0.25, 0.3) is 11.1 Å². The lowest BCUT2D eigenvalue weighted by Crippen LogP contribution is -1.97. The number of aromatic nitrogens is 1. The molecule has 1 N–H and O–H groups in total. The topological polar surface area (TPSA) is 72.6 Å². The van der Waals surface area contributed by atoms with Gasteiger partial charge in [-0.15, -0.1) is 0 Å². The highest BCUT2D eigenvalue weighted by Crippen LogP contribution is 2.32. The van der Waals surface area contributed by atoms with Crippen LogP contribution in [-0.4, -0.2) is 22.7 Å². The van der Waals surface area contributed by atoms with Crippen molar-refractivity contribution >= 4 is 17.1 Å². The Labute approximate surface area is 103 Å². The molecule has 0 aliphatic heterocycles. The molecule has 2 aromatic rings. The van der Waals surface area contributed by atoms with Crippen molar-refractivity contribution in [1.82, 2.24) is 4.98 Å². The molecule has 1 heterocycles. The van der Waals surface area contributed by atoms with Crippen molar-refractivity contribution in [1.29, 1.82) is 0 Å². The molecule has 0 saturated heterocycles. The fraction of sp³-hybridized carbons (Fsp3) is 0.385. The number of benzene rings is 1. The van der Waals surface area contributed by atoms with Gasteiger partial charge in [0.15, 0.2) is 5.58 Å². The predicted octanol–water partition coefficient (Wildman–Crippen LogP) is 2.70. The van der Waals surface area contributed by atoms with Crippen molar-refractivity contribution in [3.8, 4) is 6.08 Å². The number of oxazole rings is 1. The van der Waals surface area contributed by atoms with E-state index < -0.39 is 5.97 Å². The molecule has 1 aliphatic carbocycles. The summed E-state index contributed by atoms with van der Waals surface area (Å²) >= 11 is 0. The molecule has 0 radical (unpaired) electrons. The minimum atomic E-state index is -0.982. The number of ether oxygens (including phenoxy) is 1. The van der Waals surface area contributed by atoms with Crippen molar-refractivity contribution in [2.45, 2.75) is 19.3 Å². The van der Waals surface area contributed by atoms with Crippen molar-refractivity contribution in [2.24, 2.45) is 5.92 Å². The van der Waals surface area contributed by atoms with Gasteiger partial charge in [-0.2, -0.15) is 4.98 Å². The SMILES string of the molecule is O=C(O)c1ccc2nc(OCCC3CC3)oc2c1. The average molecular weight is 247 g/mol. The maximum atomic E-state index is 10.8. The average Bonchev–Trinajstić information content (AvgIpc) is 3.07. The molecule has 0 atom stereocenters. The molecule has 1 aliphatic rings. The number of nitrogens with zero attached hydrogens (tertiary/aromatic N) is 1. The van der Waals surface area contributed by atoms with Crippen molar-refractivity contribution in [3.63, 3.8) is 0 Å². The zero-order chi connectivity index (χ0) is 12.5. The third-order valence-electron chi connectivity index (χ3n) is 3.06. The monoisotopic (exact) mass is 247 g/mol. The molecule has 3 rings (SSSR count). The summed E-state index contributed by atoms with van der Waals surface area (Å²) < 4.78 is 10.8. The standard InChI is InChI=1S/C13H13NO4/c15-12(16)9-3-4-10-11(7-9)18-13(14-10)17-6-5-8-1-2-8/h3-4,7-8H,1-2,5-6H2,(H,15,16). The van der Waals surface area contributed by atoms with Gasteiger partial charge in [-0.05, 0) is 30.5 Å². The highest BCUT2D eigenvalue weighted by molar-refractivity contribution is 5.91. The van der Waals surface area contributed by atoms with E-state index in [1.807, 2.05) is 0 Å². The number of hydrogen-bond donors (Lipinski definition) is 1. The highest BCUT2D eigenvalue weighted by Gasteiger charge is 2.21. The van der Waals surface area contributed by atoms with Crippen molar-refractivity contribution in [3.05, 3.63) is 23.8 Å². The maximum Gasteiger partial charge on any atom is 0.394 e. The van der Waals surface area contributed by atoms with E-state index in [9.17, 15) is 4.79 Å². The van der Waals surface area contributed by atoms with Gasteiger partial charge in [0.1, 0.15) is 5.52 Å². The van der Waals surface area contributed by atoms with Crippen LogP contribution in [-0.2, 0) is 0 Å². The molecule has 1 fully saturated rings. The van der Waals surface area contributed by atoms with Gasteiger partial charge in [0.05, 0.1) is 12.2 Å². The molecular weight excluding hydrogens is 234 g/mol. The summed E-state index contributed by atoms with van der Waals surface area (Å²) in [5.74, 6) is -0.183. The van der Waals surface area contributed by atoms with Crippen LogP contribution < -0.4 is 4.74 Å². The lowest BCUT2D eigenvalue weighted by Gasteiger charge is -1.98. The lowest BCUT2D eigenvalue weighted by atomic mass is 10.2. The number of carbonyl (C=O) groups is 1. The van der Waals surface area contributed by atoms with Crippen LogP contribution in [0.15, 0.2) is 22.6 Å². The number of fused-ring (bicyclic) bond motifs is 1. The lowest BCUT2D eigenvalue weighted by molar-refractivity contribution is 0.0697. The van der Waals surface area contributed by atoms with E-state index in [1.54, 1.807) is 6.07 Å². The van der Waals surface area contributed by atoms with Gasteiger partial charge >= 0.3 is 12.0 Å². The molecule has 5 nitrogen and oxygen atoms in total. The number of hydrogen-bond acceptors (Lipinski definition) is 4. The van der Waals surface area contributed by atoms with E-state index in [0.717, 1.165) is 12.3 Å². The molecule has 1 aromatic carbocycles. The molecule has 0 bridgehead atoms. The Morgan fingerprint density at radius 3 is 3.06 bits per heavy atom. The second-order valence-electron chi connectivity index (χ2n) is 4.55. The first-order valence-electron chi connectivity index (χ1n) is 5.99. The summed E-state index contributed by atoms with van der Waals surface area (Å²) in [6.07, 6.45) is 3.82. The van der Waals surface area contributed by atoms with Crippen LogP contribution in [0.4, 0.5) is 0 Å². The first-order chi connectivity index (χ1) is 8.72. The van der Waals surface area contributed by atoms with E-state index in [2.05, 4.69) is 4.98 Å². The highest BCUT2D eigenvalue weighted by atomic mass is 16.6. The summed E-state index contributed by atoms with van der Waals surface area (Å²) in [5.41, 5.74) is 1.24. The van der Waals surface area contributed by atoms with E-state index in [0.29, 0.717) is 17.7 Å². The molecule has 94 valence electrons. The second kappa shape index (κ2) is 4.33. The van der Waals surface area contributed by atoms with E-state index >= 15 is 0 Å². The van der Waals surface area contributed by atoms with E-state index in [-0.39, 0.29) is 11.6 Å². The van der Waals surface area contributed by atoms with Gasteiger partial charge in [-0.1, -0.05) is 12.8 Å². The maximum absolute atomic E-state index is 10.8. The molecule has 1 aromatic heterocycles. The molecule has 1 saturated carbocycles. The Bertz CT molecular complexity index is 586. The van der Waals surface area contributed by atoms with Crippen LogP contribution in [0.5, 0.6) is 6.08 Å². The fourth-order valence-electron chi connectivity index (χ4n) is 1.82. The number of rotatable bonds is 5. The number of carboxylic acid groups (broad SMARTS) is 1. The Kier molecular flexibility index (Phi) is 2.66. The number of aromatic carboxylic acids is 1. The minimum absolute atomic E-state index is 0.184. The van der Waals surface area contributed by atoms with Crippen LogP contribution in [0.1, 0.15) is 29.6 Å². The van der Waals surface area contributed by atoms with Gasteiger partial charge < -0.3 is 14.3 Å². The van der Waals surface area contributed by atoms with Gasteiger partial charge in [-0.25, -0.2) is 4.79 Å². The quantitative estimate of drug-likeness (QED) is 0.879. The Balaban J connectivity index is 1.74. The normalized spacial score (nSPS) is 14.9. The zero-order valence-electron chi connectivity index (χ0n) is 9.76. The molecule has 0 unspecified atom stereocenters. The largest absolute Gasteiger partial charge is 0.478 e. The summed E-state index contributed by atoms with van der Waals surface area (Å²) in [6.45, 7) is 0.600. The van der Waals surface area contributed by atoms with Crippen LogP contribution in [0, 0.1) is 5.92 Å². The fourth-order valence-corrected chi connectivity index (χ4v) is 1.82. The Morgan fingerprint density at radius 1 is 1.50 bits per heavy atom. The summed E-state index contributed by atoms with van der Waals surface area (Å²) in [4.78, 5) is 15.0. The van der Waals surface area contributed by atoms with E-state index in [1.165, 1.54) is 25.0 Å². The summed E-state index contributed by atoms with van der Waals surface area (Å²) in [7, 11) is 0. The van der Waals surface area contributed by atoms with Gasteiger partial charge in [0.2, 0.25) is 0 Å². The molecule has 18 heavy (non-hydrogen) atoms. The first kappa shape index (κ1) is 11.1. The van der Waals surface area contributed by atoms with Gasteiger partial charge in [-0.3, -0.25) is 0 Å².